The fourth-order valence-electron chi connectivity index (χ4n) is 2.83. The summed E-state index contributed by atoms with van der Waals surface area (Å²) in [5, 5.41) is 11.0. The molecule has 22 heavy (non-hydrogen) atoms. The summed E-state index contributed by atoms with van der Waals surface area (Å²) in [6.45, 7) is 4.02. The van der Waals surface area contributed by atoms with Gasteiger partial charge < -0.3 is 15.3 Å². The maximum atomic E-state index is 12.9. The van der Waals surface area contributed by atoms with Gasteiger partial charge in [0.2, 0.25) is 0 Å². The maximum absolute atomic E-state index is 12.9. The smallest absolute Gasteiger partial charge is 0.334 e. The summed E-state index contributed by atoms with van der Waals surface area (Å²) in [5.74, 6) is 0.593. The Balaban J connectivity index is 2.17. The summed E-state index contributed by atoms with van der Waals surface area (Å²) in [6, 6.07) is 0. The van der Waals surface area contributed by atoms with Crippen LogP contribution in [0.4, 0.5) is 13.2 Å². The minimum Gasteiger partial charge on any atom is -0.334 e. The Morgan fingerprint density at radius 3 is 2.64 bits per heavy atom. The molecule has 124 valence electrons. The Labute approximate surface area is 128 Å². The van der Waals surface area contributed by atoms with Gasteiger partial charge in [-0.15, -0.1) is 0 Å². The van der Waals surface area contributed by atoms with Gasteiger partial charge in [-0.05, 0) is 32.4 Å². The molecular weight excluding hydrogens is 293 g/mol. The molecule has 7 heteroatoms. The van der Waals surface area contributed by atoms with Crippen molar-refractivity contribution >= 4 is 5.71 Å². The predicted molar refractivity (Wildman–Crippen MR) is 79.3 cm³/mol. The molecule has 1 saturated heterocycles. The topological polar surface area (TPSA) is 53.7 Å². The van der Waals surface area contributed by atoms with Crippen molar-refractivity contribution in [1.82, 2.24) is 14.9 Å². The number of piperidine rings is 1. The third kappa shape index (κ3) is 4.32. The quantitative estimate of drug-likeness (QED) is 0.788. The molecule has 0 aliphatic carbocycles. The molecule has 0 atom stereocenters. The average molecular weight is 316 g/mol. The number of nitrogens with one attached hydrogen (secondary N) is 2. The fourth-order valence-corrected chi connectivity index (χ4v) is 2.83. The molecule has 0 bridgehead atoms. The molecule has 2 rings (SSSR count). The second kappa shape index (κ2) is 7.26. The van der Waals surface area contributed by atoms with Gasteiger partial charge in [-0.2, -0.15) is 13.2 Å². The van der Waals surface area contributed by atoms with Crippen LogP contribution >= 0.6 is 0 Å². The highest BCUT2D eigenvalue weighted by molar-refractivity contribution is 5.81. The van der Waals surface area contributed by atoms with E-state index in [-0.39, 0.29) is 5.92 Å². The molecule has 1 fully saturated rings. The van der Waals surface area contributed by atoms with Gasteiger partial charge in [-0.25, -0.2) is 4.98 Å². The lowest BCUT2D eigenvalue weighted by molar-refractivity contribution is -0.141. The summed E-state index contributed by atoms with van der Waals surface area (Å²) in [6.07, 6.45) is 0.378. The van der Waals surface area contributed by atoms with Crippen molar-refractivity contribution in [3.63, 3.8) is 0 Å². The van der Waals surface area contributed by atoms with Gasteiger partial charge in [0.1, 0.15) is 5.82 Å². The zero-order chi connectivity index (χ0) is 16.2. The van der Waals surface area contributed by atoms with Crippen LogP contribution in [0.2, 0.25) is 0 Å². The molecule has 0 radical (unpaired) electrons. The molecule has 1 aromatic rings. The van der Waals surface area contributed by atoms with Gasteiger partial charge in [-0.3, -0.25) is 0 Å². The summed E-state index contributed by atoms with van der Waals surface area (Å²) >= 11 is 0. The van der Waals surface area contributed by atoms with Crippen LogP contribution in [-0.4, -0.2) is 28.4 Å². The number of aryl methyl sites for hydroxylation is 1. The third-order valence-electron chi connectivity index (χ3n) is 4.01. The van der Waals surface area contributed by atoms with E-state index in [1.807, 2.05) is 6.92 Å². The van der Waals surface area contributed by atoms with Crippen molar-refractivity contribution in [2.24, 2.45) is 0 Å². The van der Waals surface area contributed by atoms with Crippen LogP contribution in [0, 0.1) is 5.41 Å². The number of hydrogen-bond donors (Lipinski definition) is 2. The van der Waals surface area contributed by atoms with Crippen molar-refractivity contribution in [1.29, 1.82) is 5.41 Å². The first-order chi connectivity index (χ1) is 10.4. The highest BCUT2D eigenvalue weighted by Gasteiger charge is 2.36. The van der Waals surface area contributed by atoms with Gasteiger partial charge in [0.25, 0.3) is 0 Å². The minimum absolute atomic E-state index is 0.0673. The van der Waals surface area contributed by atoms with E-state index in [4.69, 9.17) is 5.41 Å². The molecular formula is C15H23F3N4. The van der Waals surface area contributed by atoms with E-state index < -0.39 is 11.9 Å². The summed E-state index contributed by atoms with van der Waals surface area (Å²) in [5.41, 5.74) is -0.232. The van der Waals surface area contributed by atoms with E-state index in [0.29, 0.717) is 30.9 Å². The van der Waals surface area contributed by atoms with Crippen LogP contribution < -0.4 is 5.32 Å². The van der Waals surface area contributed by atoms with E-state index in [9.17, 15) is 13.2 Å². The molecule has 4 nitrogen and oxygen atoms in total. The summed E-state index contributed by atoms with van der Waals surface area (Å²) < 4.78 is 40.4. The van der Waals surface area contributed by atoms with Gasteiger partial charge in [-0.1, -0.05) is 13.3 Å². The van der Waals surface area contributed by atoms with Crippen LogP contribution in [0.25, 0.3) is 0 Å². The Morgan fingerprint density at radius 2 is 2.05 bits per heavy atom. The molecule has 0 aromatic carbocycles. The number of alkyl halides is 3. The van der Waals surface area contributed by atoms with Crippen LogP contribution in [0.3, 0.4) is 0 Å². The average Bonchev–Trinajstić information content (AvgIpc) is 2.91. The molecule has 0 amide bonds. The molecule has 0 spiro atoms. The van der Waals surface area contributed by atoms with E-state index >= 15 is 0 Å². The van der Waals surface area contributed by atoms with Crippen molar-refractivity contribution in [3.8, 4) is 0 Å². The van der Waals surface area contributed by atoms with Gasteiger partial charge in [0.15, 0.2) is 5.69 Å². The van der Waals surface area contributed by atoms with Crippen molar-refractivity contribution in [2.45, 2.75) is 57.7 Å². The van der Waals surface area contributed by atoms with E-state index in [1.165, 1.54) is 0 Å². The standard InChI is InChI=1S/C15H23F3N4/c1-2-3-12(19)6-9-22-10-13(15(16,17)18)21-14(22)11-4-7-20-8-5-11/h10-11,19-20H,2-9H2,1H3. The molecule has 1 aliphatic rings. The third-order valence-corrected chi connectivity index (χ3v) is 4.01. The van der Waals surface area contributed by atoms with E-state index in [0.717, 1.165) is 38.5 Å². The van der Waals surface area contributed by atoms with E-state index in [2.05, 4.69) is 10.3 Å². The van der Waals surface area contributed by atoms with Crippen LogP contribution in [0.1, 0.15) is 56.5 Å². The zero-order valence-corrected chi connectivity index (χ0v) is 12.8. The molecule has 2 N–H and O–H groups in total. The largest absolute Gasteiger partial charge is 0.434 e. The first kappa shape index (κ1) is 17.0. The number of halogens is 3. The molecule has 1 aliphatic heterocycles. The molecule has 0 unspecified atom stereocenters. The van der Waals surface area contributed by atoms with E-state index in [1.54, 1.807) is 4.57 Å². The highest BCUT2D eigenvalue weighted by atomic mass is 19.4. The minimum atomic E-state index is -4.41. The van der Waals surface area contributed by atoms with Crippen LogP contribution in [0.5, 0.6) is 0 Å². The lowest BCUT2D eigenvalue weighted by Gasteiger charge is -2.23. The summed E-state index contributed by atoms with van der Waals surface area (Å²) in [4.78, 5) is 3.87. The fraction of sp³-hybridized carbons (Fsp3) is 0.733. The molecule has 1 aromatic heterocycles. The van der Waals surface area contributed by atoms with Crippen LogP contribution in [0.15, 0.2) is 6.20 Å². The maximum Gasteiger partial charge on any atom is 0.434 e. The zero-order valence-electron chi connectivity index (χ0n) is 12.8. The summed E-state index contributed by atoms with van der Waals surface area (Å²) in [7, 11) is 0. The lowest BCUT2D eigenvalue weighted by atomic mass is 9.97. The van der Waals surface area contributed by atoms with Crippen molar-refractivity contribution in [2.75, 3.05) is 13.1 Å². The van der Waals surface area contributed by atoms with Gasteiger partial charge in [0.05, 0.1) is 0 Å². The second-order valence-electron chi connectivity index (χ2n) is 5.80. The normalized spacial score (nSPS) is 16.9. The highest BCUT2D eigenvalue weighted by Crippen LogP contribution is 2.32. The van der Waals surface area contributed by atoms with Gasteiger partial charge >= 0.3 is 6.18 Å². The first-order valence-electron chi connectivity index (χ1n) is 7.83. The Bertz CT molecular complexity index is 501. The Morgan fingerprint density at radius 1 is 1.36 bits per heavy atom. The Kier molecular flexibility index (Phi) is 5.61. The van der Waals surface area contributed by atoms with Crippen molar-refractivity contribution < 1.29 is 13.2 Å². The number of imidazole rings is 1. The first-order valence-corrected chi connectivity index (χ1v) is 7.83. The lowest BCUT2D eigenvalue weighted by Crippen LogP contribution is -2.28. The number of nitrogens with zero attached hydrogens (tertiary/aromatic N) is 2. The van der Waals surface area contributed by atoms with Crippen LogP contribution in [-0.2, 0) is 12.7 Å². The Hall–Kier alpha value is -1.37. The molecule has 0 saturated carbocycles. The monoisotopic (exact) mass is 316 g/mol. The molecule has 2 heterocycles. The van der Waals surface area contributed by atoms with Gasteiger partial charge in [0, 0.05) is 30.8 Å². The SMILES string of the molecule is CCCC(=N)CCn1cc(C(F)(F)F)nc1C1CCNCC1. The number of rotatable bonds is 6. The second-order valence-corrected chi connectivity index (χ2v) is 5.80. The van der Waals surface area contributed by atoms with Crippen molar-refractivity contribution in [3.05, 3.63) is 17.7 Å². The number of hydrogen-bond acceptors (Lipinski definition) is 3. The predicted octanol–water partition coefficient (Wildman–Crippen LogP) is 3.58. The number of aromatic nitrogens is 2.